The molecule has 1 atom stereocenters. The molecule has 0 radical (unpaired) electrons. The lowest BCUT2D eigenvalue weighted by Gasteiger charge is -2.32. The number of carbonyl (C=O) groups excluding carboxylic acids is 1. The van der Waals surface area contributed by atoms with Gasteiger partial charge in [-0.2, -0.15) is 5.10 Å². The van der Waals surface area contributed by atoms with Crippen LogP contribution in [0.2, 0.25) is 0 Å². The largest absolute Gasteiger partial charge is 0.461 e. The molecule has 3 aromatic rings. The number of aryl methyl sites for hydroxylation is 1. The van der Waals surface area contributed by atoms with Crippen LogP contribution in [0.15, 0.2) is 40.9 Å². The fraction of sp³-hybridized carbons (Fsp3) is 0.400. The zero-order valence-corrected chi connectivity index (χ0v) is 15.2. The number of benzene rings is 1. The molecule has 0 spiro atoms. The summed E-state index contributed by atoms with van der Waals surface area (Å²) >= 11 is 0. The number of aromatic nitrogens is 2. The molecule has 4 rings (SSSR count). The first-order valence-electron chi connectivity index (χ1n) is 9.12. The maximum Gasteiger partial charge on any atom is 0.271 e. The van der Waals surface area contributed by atoms with E-state index < -0.39 is 0 Å². The zero-order valence-electron chi connectivity index (χ0n) is 15.2. The van der Waals surface area contributed by atoms with Gasteiger partial charge in [0.1, 0.15) is 17.0 Å². The second-order valence-electron chi connectivity index (χ2n) is 6.92. The average Bonchev–Trinajstić information content (AvgIpc) is 3.27. The Bertz CT molecular complexity index is 927. The van der Waals surface area contributed by atoms with Crippen LogP contribution in [0.3, 0.4) is 0 Å². The van der Waals surface area contributed by atoms with Gasteiger partial charge in [-0.05, 0) is 38.4 Å². The van der Waals surface area contributed by atoms with Crippen molar-refractivity contribution in [1.29, 1.82) is 0 Å². The number of rotatable bonds is 4. The van der Waals surface area contributed by atoms with Crippen molar-refractivity contribution in [3.63, 3.8) is 0 Å². The number of nitrogens with one attached hydrogen (secondary N) is 1. The number of para-hydroxylation sites is 1. The third-order valence-electron chi connectivity index (χ3n) is 5.20. The number of nitrogens with zero attached hydrogens (tertiary/aromatic N) is 3. The molecule has 3 heterocycles. The third kappa shape index (κ3) is 3.12. The summed E-state index contributed by atoms with van der Waals surface area (Å²) in [5, 5.41) is 8.29. The van der Waals surface area contributed by atoms with E-state index in [1.54, 1.807) is 13.1 Å². The quantitative estimate of drug-likeness (QED) is 0.783. The minimum Gasteiger partial charge on any atom is -0.461 e. The van der Waals surface area contributed by atoms with Crippen molar-refractivity contribution < 1.29 is 9.21 Å². The van der Waals surface area contributed by atoms with E-state index in [9.17, 15) is 4.79 Å². The number of furan rings is 1. The first-order valence-corrected chi connectivity index (χ1v) is 9.12. The predicted octanol–water partition coefficient (Wildman–Crippen LogP) is 3.13. The molecule has 1 aromatic carbocycles. The highest BCUT2D eigenvalue weighted by Gasteiger charge is 2.24. The Kier molecular flexibility index (Phi) is 4.51. The van der Waals surface area contributed by atoms with Crippen LogP contribution in [-0.2, 0) is 6.54 Å². The molecule has 1 amide bonds. The SMILES string of the molecule is CNC(=O)c1ccn([C@@H]2CCCN(Cc3c(C)oc4ccccc34)C2)n1. The maximum atomic E-state index is 11.7. The van der Waals surface area contributed by atoms with E-state index >= 15 is 0 Å². The molecule has 0 saturated carbocycles. The molecule has 26 heavy (non-hydrogen) atoms. The highest BCUT2D eigenvalue weighted by atomic mass is 16.3. The van der Waals surface area contributed by atoms with Gasteiger partial charge in [0.25, 0.3) is 5.91 Å². The van der Waals surface area contributed by atoms with Gasteiger partial charge in [-0.1, -0.05) is 18.2 Å². The summed E-state index contributed by atoms with van der Waals surface area (Å²) in [4.78, 5) is 14.2. The monoisotopic (exact) mass is 352 g/mol. The number of hydrogen-bond donors (Lipinski definition) is 1. The van der Waals surface area contributed by atoms with Gasteiger partial charge in [0.15, 0.2) is 0 Å². The molecule has 6 nitrogen and oxygen atoms in total. The van der Waals surface area contributed by atoms with Gasteiger partial charge in [0, 0.05) is 37.3 Å². The Morgan fingerprint density at radius 3 is 3.04 bits per heavy atom. The molecular formula is C20H24N4O2. The number of hydrogen-bond acceptors (Lipinski definition) is 4. The number of piperidine rings is 1. The van der Waals surface area contributed by atoms with Gasteiger partial charge in [-0.3, -0.25) is 14.4 Å². The third-order valence-corrected chi connectivity index (χ3v) is 5.20. The molecule has 2 aromatic heterocycles. The average molecular weight is 352 g/mol. The summed E-state index contributed by atoms with van der Waals surface area (Å²) in [6.07, 6.45) is 4.11. The van der Waals surface area contributed by atoms with Gasteiger partial charge in [-0.25, -0.2) is 0 Å². The normalized spacial score (nSPS) is 18.3. The van der Waals surface area contributed by atoms with Crippen molar-refractivity contribution in [2.75, 3.05) is 20.1 Å². The molecule has 1 saturated heterocycles. The Labute approximate surface area is 152 Å². The lowest BCUT2D eigenvalue weighted by Crippen LogP contribution is -2.36. The van der Waals surface area contributed by atoms with Crippen LogP contribution in [0.25, 0.3) is 11.0 Å². The molecular weight excluding hydrogens is 328 g/mol. The second kappa shape index (κ2) is 6.96. The van der Waals surface area contributed by atoms with Crippen LogP contribution in [0.4, 0.5) is 0 Å². The van der Waals surface area contributed by atoms with Crippen molar-refractivity contribution >= 4 is 16.9 Å². The van der Waals surface area contributed by atoms with Gasteiger partial charge in [0.2, 0.25) is 0 Å². The van der Waals surface area contributed by atoms with Crippen LogP contribution in [-0.4, -0.2) is 40.7 Å². The van der Waals surface area contributed by atoms with Gasteiger partial charge in [0.05, 0.1) is 6.04 Å². The van der Waals surface area contributed by atoms with E-state index in [0.717, 1.165) is 43.8 Å². The predicted molar refractivity (Wildman–Crippen MR) is 100 cm³/mol. The molecule has 6 heteroatoms. The van der Waals surface area contributed by atoms with Gasteiger partial charge < -0.3 is 9.73 Å². The van der Waals surface area contributed by atoms with Crippen molar-refractivity contribution in [3.8, 4) is 0 Å². The van der Waals surface area contributed by atoms with Crippen molar-refractivity contribution in [3.05, 3.63) is 53.5 Å². The smallest absolute Gasteiger partial charge is 0.271 e. The molecule has 1 aliphatic rings. The zero-order chi connectivity index (χ0) is 18.1. The first-order chi connectivity index (χ1) is 12.7. The minimum atomic E-state index is -0.142. The fourth-order valence-corrected chi connectivity index (χ4v) is 3.82. The van der Waals surface area contributed by atoms with Crippen molar-refractivity contribution in [2.45, 2.75) is 32.4 Å². The van der Waals surface area contributed by atoms with Crippen LogP contribution in [0.5, 0.6) is 0 Å². The van der Waals surface area contributed by atoms with E-state index in [4.69, 9.17) is 4.42 Å². The van der Waals surface area contributed by atoms with Crippen molar-refractivity contribution in [2.24, 2.45) is 0 Å². The summed E-state index contributed by atoms with van der Waals surface area (Å²) in [5.74, 6) is 0.853. The van der Waals surface area contributed by atoms with Crippen LogP contribution in [0, 0.1) is 6.92 Å². The molecule has 136 valence electrons. The summed E-state index contributed by atoms with van der Waals surface area (Å²) in [6.45, 7) is 4.91. The lowest BCUT2D eigenvalue weighted by molar-refractivity contribution is 0.0955. The van der Waals surface area contributed by atoms with E-state index in [-0.39, 0.29) is 5.91 Å². The summed E-state index contributed by atoms with van der Waals surface area (Å²) < 4.78 is 7.85. The molecule has 0 bridgehead atoms. The summed E-state index contributed by atoms with van der Waals surface area (Å²) in [6, 6.07) is 10.3. The Morgan fingerprint density at radius 2 is 2.19 bits per heavy atom. The van der Waals surface area contributed by atoms with E-state index in [2.05, 4.69) is 27.4 Å². The van der Waals surface area contributed by atoms with E-state index in [1.165, 1.54) is 10.9 Å². The van der Waals surface area contributed by atoms with Crippen LogP contribution in [0.1, 0.15) is 40.7 Å². The Morgan fingerprint density at radius 1 is 1.35 bits per heavy atom. The summed E-state index contributed by atoms with van der Waals surface area (Å²) in [7, 11) is 1.63. The van der Waals surface area contributed by atoms with Crippen molar-refractivity contribution in [1.82, 2.24) is 20.0 Å². The molecule has 1 fully saturated rings. The topological polar surface area (TPSA) is 63.3 Å². The fourth-order valence-electron chi connectivity index (χ4n) is 3.82. The molecule has 0 unspecified atom stereocenters. The van der Waals surface area contributed by atoms with Crippen LogP contribution >= 0.6 is 0 Å². The molecule has 1 N–H and O–H groups in total. The second-order valence-corrected chi connectivity index (χ2v) is 6.92. The molecule has 0 aliphatic carbocycles. The summed E-state index contributed by atoms with van der Waals surface area (Å²) in [5.41, 5.74) is 2.70. The van der Waals surface area contributed by atoms with Gasteiger partial charge >= 0.3 is 0 Å². The highest BCUT2D eigenvalue weighted by Crippen LogP contribution is 2.29. The van der Waals surface area contributed by atoms with Crippen LogP contribution < -0.4 is 5.32 Å². The standard InChI is InChI=1S/C20H24N4O2/c1-14-17(16-7-3-4-8-19(16)26-14)13-23-10-5-6-15(12-23)24-11-9-18(22-24)20(25)21-2/h3-4,7-9,11,15H,5-6,10,12-13H2,1-2H3,(H,21,25)/t15-/m1/s1. The first kappa shape index (κ1) is 16.8. The lowest BCUT2D eigenvalue weighted by atomic mass is 10.0. The number of amides is 1. The van der Waals surface area contributed by atoms with Gasteiger partial charge in [-0.15, -0.1) is 0 Å². The Hall–Kier alpha value is -2.60. The van der Waals surface area contributed by atoms with E-state index in [0.29, 0.717) is 11.7 Å². The van der Waals surface area contributed by atoms with E-state index in [1.807, 2.05) is 29.9 Å². The maximum absolute atomic E-state index is 11.7. The number of likely N-dealkylation sites (tertiary alicyclic amines) is 1. The molecule has 1 aliphatic heterocycles. The Balaban J connectivity index is 1.51. The highest BCUT2D eigenvalue weighted by molar-refractivity contribution is 5.91. The number of fused-ring (bicyclic) bond motifs is 1. The number of carbonyl (C=O) groups is 1. The minimum absolute atomic E-state index is 0.142.